The Labute approximate surface area is 176 Å². The number of anilines is 1. The van der Waals surface area contributed by atoms with Crippen molar-refractivity contribution in [2.75, 3.05) is 17.3 Å². The lowest BCUT2D eigenvalue weighted by Crippen LogP contribution is -2.43. The Hall–Kier alpha value is -3.24. The van der Waals surface area contributed by atoms with Gasteiger partial charge < -0.3 is 9.64 Å². The summed E-state index contributed by atoms with van der Waals surface area (Å²) in [6, 6.07) is 11.0. The van der Waals surface area contributed by atoms with Crippen molar-refractivity contribution >= 4 is 44.7 Å². The number of benzene rings is 2. The molecule has 1 amide bonds. The lowest BCUT2D eigenvalue weighted by Gasteiger charge is -2.27. The highest BCUT2D eigenvalue weighted by Crippen LogP contribution is 2.25. The molecule has 0 spiro atoms. The van der Waals surface area contributed by atoms with Crippen LogP contribution in [-0.2, 0) is 19.4 Å². The second-order valence-corrected chi connectivity index (χ2v) is 8.69. The first-order chi connectivity index (χ1) is 14.2. The molecule has 3 rings (SSSR count). The molecule has 0 saturated carbocycles. The summed E-state index contributed by atoms with van der Waals surface area (Å²) in [7, 11) is -3.45. The summed E-state index contributed by atoms with van der Waals surface area (Å²) in [6.07, 6.45) is 1.38. The van der Waals surface area contributed by atoms with Gasteiger partial charge in [-0.3, -0.25) is 14.9 Å². The number of nitro benzene ring substituents is 1. The van der Waals surface area contributed by atoms with Crippen molar-refractivity contribution in [1.29, 1.82) is 0 Å². The van der Waals surface area contributed by atoms with Crippen molar-refractivity contribution < 1.29 is 27.7 Å². The van der Waals surface area contributed by atoms with Crippen molar-refractivity contribution in [1.82, 2.24) is 0 Å². The maximum Gasteiger partial charge on any atom is 0.345 e. The fourth-order valence-electron chi connectivity index (χ4n) is 2.93. The molecule has 30 heavy (non-hydrogen) atoms. The number of halogens is 1. The van der Waals surface area contributed by atoms with Crippen molar-refractivity contribution in [3.63, 3.8) is 0 Å². The first kappa shape index (κ1) is 21.5. The summed E-state index contributed by atoms with van der Waals surface area (Å²) in [5.74, 6) is -2.06. The van der Waals surface area contributed by atoms with Gasteiger partial charge in [0, 0.05) is 22.2 Å². The van der Waals surface area contributed by atoms with Crippen LogP contribution in [-0.4, -0.2) is 43.6 Å². The summed E-state index contributed by atoms with van der Waals surface area (Å²) in [5, 5.41) is 12.2. The van der Waals surface area contributed by atoms with Crippen molar-refractivity contribution in [3.8, 4) is 0 Å². The molecule has 156 valence electrons. The summed E-state index contributed by atoms with van der Waals surface area (Å²) in [4.78, 5) is 36.7. The van der Waals surface area contributed by atoms with Gasteiger partial charge in [-0.1, -0.05) is 29.8 Å². The van der Waals surface area contributed by atoms with Crippen LogP contribution >= 0.6 is 11.6 Å². The molecule has 0 radical (unpaired) electrons. The van der Waals surface area contributed by atoms with Gasteiger partial charge in [0.25, 0.3) is 11.6 Å². The Morgan fingerprint density at radius 2 is 1.90 bits per heavy atom. The highest BCUT2D eigenvalue weighted by Gasteiger charge is 2.32. The quantitative estimate of drug-likeness (QED) is 0.376. The minimum atomic E-state index is -3.45. The van der Waals surface area contributed by atoms with Crippen LogP contribution < -0.4 is 4.90 Å². The van der Waals surface area contributed by atoms with E-state index in [1.807, 2.05) is 0 Å². The first-order valence-electron chi connectivity index (χ1n) is 8.57. The molecule has 0 N–H and O–H groups in total. The van der Waals surface area contributed by atoms with Gasteiger partial charge in [0.1, 0.15) is 5.56 Å². The van der Waals surface area contributed by atoms with E-state index in [2.05, 4.69) is 0 Å². The highest BCUT2D eigenvalue weighted by atomic mass is 35.5. The first-order valence-corrected chi connectivity index (χ1v) is 10.7. The number of hydrogen-bond donors (Lipinski definition) is 0. The predicted molar refractivity (Wildman–Crippen MR) is 109 cm³/mol. The van der Waals surface area contributed by atoms with Crippen molar-refractivity contribution in [2.45, 2.75) is 6.04 Å². The lowest BCUT2D eigenvalue weighted by atomic mass is 10.2. The molecule has 0 aromatic heterocycles. The number of nitro groups is 1. The average Bonchev–Trinajstić information content (AvgIpc) is 3.06. The molecule has 0 bridgehead atoms. The predicted octanol–water partition coefficient (Wildman–Crippen LogP) is 2.75. The van der Waals surface area contributed by atoms with E-state index in [9.17, 15) is 28.1 Å². The molecule has 1 aliphatic rings. The van der Waals surface area contributed by atoms with Crippen LogP contribution in [0.5, 0.6) is 0 Å². The molecule has 1 aliphatic heterocycles. The van der Waals surface area contributed by atoms with Gasteiger partial charge in [-0.2, -0.15) is 0 Å². The molecule has 1 atom stereocenters. The van der Waals surface area contributed by atoms with E-state index >= 15 is 0 Å². The normalized spacial score (nSPS) is 16.8. The zero-order valence-corrected chi connectivity index (χ0v) is 16.9. The number of sulfone groups is 1. The molecular formula is C19H15ClN2O7S. The standard InChI is InChI=1S/C19H15ClN2O7S/c20-13-6-7-16(17(10-13)22(25)26)19(24)29-11-18(23)21(14-4-2-1-3-5-14)15-8-9-30(27,28)12-15/h1-10,15H,11-12H2. The van der Waals surface area contributed by atoms with Gasteiger partial charge in [0.15, 0.2) is 16.4 Å². The minimum Gasteiger partial charge on any atom is -0.452 e. The Bertz CT molecular complexity index is 1130. The zero-order valence-electron chi connectivity index (χ0n) is 15.3. The van der Waals surface area contributed by atoms with Crippen LogP contribution in [0, 0.1) is 10.1 Å². The van der Waals surface area contributed by atoms with Crippen LogP contribution in [0.25, 0.3) is 0 Å². The third kappa shape index (κ3) is 4.84. The maximum atomic E-state index is 12.8. The van der Waals surface area contributed by atoms with Crippen molar-refractivity contribution in [2.24, 2.45) is 0 Å². The summed E-state index contributed by atoms with van der Waals surface area (Å²) < 4.78 is 28.6. The molecule has 1 heterocycles. The Balaban J connectivity index is 1.80. The highest BCUT2D eigenvalue weighted by molar-refractivity contribution is 7.94. The molecule has 1 unspecified atom stereocenters. The SMILES string of the molecule is O=C(OCC(=O)N(c1ccccc1)C1C=CS(=O)(=O)C1)c1ccc(Cl)cc1[N+](=O)[O-]. The number of carbonyl (C=O) groups is 2. The fourth-order valence-corrected chi connectivity index (χ4v) is 4.37. The molecule has 2 aromatic carbocycles. The van der Waals surface area contributed by atoms with Crippen LogP contribution in [0.2, 0.25) is 5.02 Å². The summed E-state index contributed by atoms with van der Waals surface area (Å²) in [6.45, 7) is -0.738. The third-order valence-corrected chi connectivity index (χ3v) is 5.86. The van der Waals surface area contributed by atoms with E-state index in [-0.39, 0.29) is 16.3 Å². The lowest BCUT2D eigenvalue weighted by molar-refractivity contribution is -0.385. The summed E-state index contributed by atoms with van der Waals surface area (Å²) in [5.41, 5.74) is -0.487. The fraction of sp³-hybridized carbons (Fsp3) is 0.158. The molecular weight excluding hydrogens is 436 g/mol. The van der Waals surface area contributed by atoms with E-state index in [1.54, 1.807) is 30.3 Å². The molecule has 0 fully saturated rings. The topological polar surface area (TPSA) is 124 Å². The number of carbonyl (C=O) groups excluding carboxylic acids is 2. The monoisotopic (exact) mass is 450 g/mol. The van der Waals surface area contributed by atoms with Crippen LogP contribution in [0.3, 0.4) is 0 Å². The van der Waals surface area contributed by atoms with Crippen molar-refractivity contribution in [3.05, 3.63) is 80.7 Å². The van der Waals surface area contributed by atoms with E-state index in [4.69, 9.17) is 16.3 Å². The molecule has 2 aromatic rings. The van der Waals surface area contributed by atoms with Crippen LogP contribution in [0.4, 0.5) is 11.4 Å². The molecule has 0 saturated heterocycles. The second-order valence-electron chi connectivity index (χ2n) is 6.32. The van der Waals surface area contributed by atoms with E-state index in [1.165, 1.54) is 17.0 Å². The smallest absolute Gasteiger partial charge is 0.345 e. The molecule has 11 heteroatoms. The van der Waals surface area contributed by atoms with Gasteiger partial charge in [0.2, 0.25) is 0 Å². The number of nitrogens with zero attached hydrogens (tertiary/aromatic N) is 2. The van der Waals surface area contributed by atoms with Gasteiger partial charge in [-0.25, -0.2) is 13.2 Å². The Morgan fingerprint density at radius 3 is 2.50 bits per heavy atom. The number of amides is 1. The largest absolute Gasteiger partial charge is 0.452 e. The number of hydrogen-bond acceptors (Lipinski definition) is 7. The van der Waals surface area contributed by atoms with Gasteiger partial charge >= 0.3 is 5.97 Å². The molecule has 9 nitrogen and oxygen atoms in total. The number of para-hydroxylation sites is 1. The van der Waals surface area contributed by atoms with E-state index in [0.29, 0.717) is 5.69 Å². The second kappa shape index (κ2) is 8.64. The average molecular weight is 451 g/mol. The van der Waals surface area contributed by atoms with Crippen LogP contribution in [0.1, 0.15) is 10.4 Å². The van der Waals surface area contributed by atoms with Crippen LogP contribution in [0.15, 0.2) is 60.0 Å². The number of ether oxygens (including phenoxy) is 1. The van der Waals surface area contributed by atoms with Gasteiger partial charge in [-0.15, -0.1) is 0 Å². The third-order valence-electron chi connectivity index (χ3n) is 4.25. The Kier molecular flexibility index (Phi) is 6.18. The zero-order chi connectivity index (χ0) is 21.9. The summed E-state index contributed by atoms with van der Waals surface area (Å²) >= 11 is 5.73. The minimum absolute atomic E-state index is 0.0683. The van der Waals surface area contributed by atoms with Gasteiger partial charge in [-0.05, 0) is 30.3 Å². The molecule has 0 aliphatic carbocycles. The maximum absolute atomic E-state index is 12.8. The van der Waals surface area contributed by atoms with E-state index in [0.717, 1.165) is 17.5 Å². The number of esters is 1. The number of rotatable bonds is 6. The Morgan fingerprint density at radius 1 is 1.20 bits per heavy atom. The van der Waals surface area contributed by atoms with E-state index < -0.39 is 45.0 Å². The van der Waals surface area contributed by atoms with Gasteiger partial charge in [0.05, 0.1) is 16.7 Å².